The first kappa shape index (κ1) is 26.9. The van der Waals surface area contributed by atoms with Crippen molar-refractivity contribution in [2.75, 3.05) is 39.8 Å². The monoisotopic (exact) mass is 552 g/mol. The SMILES string of the molecule is COc1cccc([C@@H](CN2CCN(S(=O)(=O)c3cccc(Cl)c3F)CC2)OCc2cccc(Cl)c2)c1. The summed E-state index contributed by atoms with van der Waals surface area (Å²) < 4.78 is 53.5. The lowest BCUT2D eigenvalue weighted by molar-refractivity contribution is 0.00762. The Morgan fingerprint density at radius 3 is 2.42 bits per heavy atom. The van der Waals surface area contributed by atoms with Gasteiger partial charge in [0, 0.05) is 37.7 Å². The predicted molar refractivity (Wildman–Crippen MR) is 139 cm³/mol. The minimum Gasteiger partial charge on any atom is -0.497 e. The van der Waals surface area contributed by atoms with E-state index in [1.54, 1.807) is 7.11 Å². The van der Waals surface area contributed by atoms with Gasteiger partial charge in [-0.3, -0.25) is 4.90 Å². The van der Waals surface area contributed by atoms with Gasteiger partial charge in [0.2, 0.25) is 10.0 Å². The maximum Gasteiger partial charge on any atom is 0.246 e. The molecule has 1 aliphatic heterocycles. The van der Waals surface area contributed by atoms with Crippen LogP contribution < -0.4 is 4.74 Å². The first-order valence-corrected chi connectivity index (χ1v) is 13.6. The highest BCUT2D eigenvalue weighted by Crippen LogP contribution is 2.28. The van der Waals surface area contributed by atoms with Crippen LogP contribution in [0.4, 0.5) is 4.39 Å². The molecule has 10 heteroatoms. The summed E-state index contributed by atoms with van der Waals surface area (Å²) in [4.78, 5) is 1.74. The molecule has 4 rings (SSSR count). The van der Waals surface area contributed by atoms with Gasteiger partial charge in [0.15, 0.2) is 5.82 Å². The number of hydrogen-bond acceptors (Lipinski definition) is 5. The second-order valence-corrected chi connectivity index (χ2v) is 11.2. The molecule has 0 spiro atoms. The van der Waals surface area contributed by atoms with Crippen LogP contribution in [-0.2, 0) is 21.4 Å². The number of ether oxygens (including phenoxy) is 2. The van der Waals surface area contributed by atoms with Crippen molar-refractivity contribution in [3.8, 4) is 5.75 Å². The van der Waals surface area contributed by atoms with E-state index in [0.29, 0.717) is 31.3 Å². The summed E-state index contributed by atoms with van der Waals surface area (Å²) in [6.45, 7) is 2.32. The highest BCUT2D eigenvalue weighted by Gasteiger charge is 2.32. The number of halogens is 3. The molecule has 0 aromatic heterocycles. The fourth-order valence-corrected chi connectivity index (χ4v) is 6.08. The Labute approximate surface area is 221 Å². The van der Waals surface area contributed by atoms with Crippen LogP contribution in [0.15, 0.2) is 71.6 Å². The number of benzene rings is 3. The molecule has 1 fully saturated rings. The Balaban J connectivity index is 1.45. The third-order valence-electron chi connectivity index (χ3n) is 6.10. The molecule has 0 amide bonds. The van der Waals surface area contributed by atoms with Gasteiger partial charge in [-0.2, -0.15) is 4.31 Å². The average Bonchev–Trinajstić information content (AvgIpc) is 2.88. The lowest BCUT2D eigenvalue weighted by atomic mass is 10.1. The summed E-state index contributed by atoms with van der Waals surface area (Å²) in [5, 5.41) is 0.426. The lowest BCUT2D eigenvalue weighted by Crippen LogP contribution is -2.49. The number of hydrogen-bond donors (Lipinski definition) is 0. The molecule has 3 aromatic rings. The highest BCUT2D eigenvalue weighted by atomic mass is 35.5. The summed E-state index contributed by atoms with van der Waals surface area (Å²) >= 11 is 11.9. The fourth-order valence-electron chi connectivity index (χ4n) is 4.13. The molecule has 36 heavy (non-hydrogen) atoms. The zero-order chi connectivity index (χ0) is 25.7. The Morgan fingerprint density at radius 1 is 0.972 bits per heavy atom. The van der Waals surface area contributed by atoms with Crippen molar-refractivity contribution >= 4 is 33.2 Å². The molecule has 0 aliphatic carbocycles. The van der Waals surface area contributed by atoms with Gasteiger partial charge in [-0.15, -0.1) is 0 Å². The van der Waals surface area contributed by atoms with E-state index in [-0.39, 0.29) is 24.2 Å². The predicted octanol–water partition coefficient (Wildman–Crippen LogP) is 5.41. The molecular weight excluding hydrogens is 526 g/mol. The van der Waals surface area contributed by atoms with Crippen molar-refractivity contribution in [3.63, 3.8) is 0 Å². The molecule has 1 saturated heterocycles. The second kappa shape index (κ2) is 11.9. The van der Waals surface area contributed by atoms with Gasteiger partial charge >= 0.3 is 0 Å². The molecule has 192 valence electrons. The zero-order valence-corrected chi connectivity index (χ0v) is 22.1. The van der Waals surface area contributed by atoms with Gasteiger partial charge in [-0.05, 0) is 47.5 Å². The summed E-state index contributed by atoms with van der Waals surface area (Å²) in [5.74, 6) is -0.197. The molecule has 0 radical (unpaired) electrons. The topological polar surface area (TPSA) is 59.1 Å². The van der Waals surface area contributed by atoms with Gasteiger partial charge in [0.25, 0.3) is 0 Å². The third-order valence-corrected chi connectivity index (χ3v) is 8.54. The first-order valence-electron chi connectivity index (χ1n) is 11.4. The van der Waals surface area contributed by atoms with E-state index in [2.05, 4.69) is 4.90 Å². The Morgan fingerprint density at radius 2 is 1.69 bits per heavy atom. The normalized spacial score (nSPS) is 16.1. The maximum absolute atomic E-state index is 14.4. The van der Waals surface area contributed by atoms with E-state index in [4.69, 9.17) is 32.7 Å². The van der Waals surface area contributed by atoms with Crippen molar-refractivity contribution in [3.05, 3.63) is 93.7 Å². The summed E-state index contributed by atoms with van der Waals surface area (Å²) in [6.07, 6.45) is -0.285. The van der Waals surface area contributed by atoms with E-state index in [1.165, 1.54) is 22.5 Å². The molecule has 1 heterocycles. The quantitative estimate of drug-likeness (QED) is 0.355. The van der Waals surface area contributed by atoms with Gasteiger partial charge < -0.3 is 9.47 Å². The third kappa shape index (κ3) is 6.37. The first-order chi connectivity index (χ1) is 17.3. The van der Waals surface area contributed by atoms with Crippen LogP contribution in [-0.4, -0.2) is 57.5 Å². The Hall–Kier alpha value is -2.20. The van der Waals surface area contributed by atoms with E-state index < -0.39 is 20.7 Å². The lowest BCUT2D eigenvalue weighted by Gasteiger charge is -2.36. The van der Waals surface area contributed by atoms with Crippen LogP contribution in [0.5, 0.6) is 5.75 Å². The minimum absolute atomic E-state index is 0.215. The van der Waals surface area contributed by atoms with Crippen molar-refractivity contribution < 1.29 is 22.3 Å². The van der Waals surface area contributed by atoms with Crippen LogP contribution in [0.1, 0.15) is 17.2 Å². The number of piperazine rings is 1. The molecule has 1 atom stereocenters. The number of sulfonamides is 1. The molecule has 1 aliphatic rings. The standard InChI is InChI=1S/C26H27Cl2FN2O4S/c1-34-22-8-3-6-20(16-22)24(35-18-19-5-2-7-21(27)15-19)17-30-11-13-31(14-12-30)36(32,33)25-10-4-9-23(28)26(25)29/h2-10,15-16,24H,11-14,17-18H2,1H3/t24-/m1/s1. The maximum atomic E-state index is 14.4. The largest absolute Gasteiger partial charge is 0.497 e. The molecule has 3 aromatic carbocycles. The van der Waals surface area contributed by atoms with Crippen LogP contribution in [0.3, 0.4) is 0 Å². The molecule has 0 bridgehead atoms. The van der Waals surface area contributed by atoms with Crippen molar-refractivity contribution in [1.82, 2.24) is 9.21 Å². The average molecular weight is 553 g/mol. The van der Waals surface area contributed by atoms with E-state index in [1.807, 2.05) is 48.5 Å². The van der Waals surface area contributed by atoms with Crippen LogP contribution in [0.25, 0.3) is 0 Å². The second-order valence-electron chi connectivity index (χ2n) is 8.46. The smallest absolute Gasteiger partial charge is 0.246 e. The fraction of sp³-hybridized carbons (Fsp3) is 0.308. The van der Waals surface area contributed by atoms with Gasteiger partial charge in [0.1, 0.15) is 10.6 Å². The van der Waals surface area contributed by atoms with Gasteiger partial charge in [-0.25, -0.2) is 12.8 Å². The van der Waals surface area contributed by atoms with Crippen molar-refractivity contribution in [2.24, 2.45) is 0 Å². The molecule has 6 nitrogen and oxygen atoms in total. The van der Waals surface area contributed by atoms with Gasteiger partial charge in [0.05, 0.1) is 24.8 Å². The highest BCUT2D eigenvalue weighted by molar-refractivity contribution is 7.89. The zero-order valence-electron chi connectivity index (χ0n) is 19.7. The van der Waals surface area contributed by atoms with Crippen LogP contribution in [0, 0.1) is 5.82 Å². The molecule has 0 unspecified atom stereocenters. The van der Waals surface area contributed by atoms with Crippen molar-refractivity contribution in [1.29, 1.82) is 0 Å². The van der Waals surface area contributed by atoms with Crippen LogP contribution in [0.2, 0.25) is 10.0 Å². The molecular formula is C26H27Cl2FN2O4S. The number of methoxy groups -OCH3 is 1. The summed E-state index contributed by atoms with van der Waals surface area (Å²) in [6, 6.07) is 19.2. The molecule has 0 N–H and O–H groups in total. The van der Waals surface area contributed by atoms with E-state index in [9.17, 15) is 12.8 Å². The van der Waals surface area contributed by atoms with E-state index >= 15 is 0 Å². The minimum atomic E-state index is -3.99. The summed E-state index contributed by atoms with van der Waals surface area (Å²) in [5.41, 5.74) is 1.90. The number of nitrogens with zero attached hydrogens (tertiary/aromatic N) is 2. The Bertz CT molecular complexity index is 1300. The van der Waals surface area contributed by atoms with Crippen molar-refractivity contribution in [2.45, 2.75) is 17.6 Å². The Kier molecular flexibility index (Phi) is 8.87. The van der Waals surface area contributed by atoms with E-state index in [0.717, 1.165) is 16.9 Å². The number of rotatable bonds is 9. The van der Waals surface area contributed by atoms with Gasteiger partial charge in [-0.1, -0.05) is 53.5 Å². The summed E-state index contributed by atoms with van der Waals surface area (Å²) in [7, 11) is -2.38. The van der Waals surface area contributed by atoms with Crippen LogP contribution >= 0.6 is 23.2 Å². The molecule has 0 saturated carbocycles.